The minimum atomic E-state index is 0.0543. The fraction of sp³-hybridized carbons (Fsp3) is 0.444. The quantitative estimate of drug-likeness (QED) is 0.848. The Labute approximate surface area is 142 Å². The van der Waals surface area contributed by atoms with Gasteiger partial charge in [0, 0.05) is 12.1 Å². The predicted molar refractivity (Wildman–Crippen MR) is 91.8 cm³/mol. The van der Waals surface area contributed by atoms with Crippen molar-refractivity contribution in [1.82, 2.24) is 15.1 Å². The summed E-state index contributed by atoms with van der Waals surface area (Å²) >= 11 is 0. The number of nitrogens with zero attached hydrogens (tertiary/aromatic N) is 2. The van der Waals surface area contributed by atoms with Gasteiger partial charge in [0.1, 0.15) is 5.75 Å². The summed E-state index contributed by atoms with van der Waals surface area (Å²) in [6, 6.07) is 9.59. The van der Waals surface area contributed by atoms with Crippen molar-refractivity contribution in [1.29, 1.82) is 0 Å². The largest absolute Gasteiger partial charge is 0.497 e. The lowest BCUT2D eigenvalue weighted by molar-refractivity contribution is -0.126. The molecule has 0 bridgehead atoms. The van der Waals surface area contributed by atoms with E-state index in [1.54, 1.807) is 11.8 Å². The van der Waals surface area contributed by atoms with Gasteiger partial charge in [0.2, 0.25) is 5.91 Å². The third kappa shape index (κ3) is 3.59. The van der Waals surface area contributed by atoms with Gasteiger partial charge in [0.05, 0.1) is 25.0 Å². The van der Waals surface area contributed by atoms with Crippen LogP contribution in [0.5, 0.6) is 5.75 Å². The Morgan fingerprint density at radius 3 is 2.83 bits per heavy atom. The van der Waals surface area contributed by atoms with Gasteiger partial charge in [0.15, 0.2) is 0 Å². The summed E-state index contributed by atoms with van der Waals surface area (Å²) in [5.41, 5.74) is 7.54. The van der Waals surface area contributed by atoms with Crippen molar-refractivity contribution in [2.24, 2.45) is 17.6 Å². The molecule has 3 N–H and O–H groups in total. The molecule has 0 aliphatic heterocycles. The first-order valence-electron chi connectivity index (χ1n) is 8.38. The van der Waals surface area contributed by atoms with Crippen molar-refractivity contribution >= 4 is 5.91 Å². The van der Waals surface area contributed by atoms with Crippen LogP contribution in [0.3, 0.4) is 0 Å². The Morgan fingerprint density at radius 2 is 2.12 bits per heavy atom. The second kappa shape index (κ2) is 7.49. The molecule has 1 fully saturated rings. The van der Waals surface area contributed by atoms with E-state index in [0.29, 0.717) is 19.0 Å². The molecule has 1 heterocycles. The molecule has 24 heavy (non-hydrogen) atoms. The number of benzene rings is 1. The predicted octanol–water partition coefficient (Wildman–Crippen LogP) is 1.87. The monoisotopic (exact) mass is 328 g/mol. The molecule has 0 spiro atoms. The van der Waals surface area contributed by atoms with Crippen molar-refractivity contribution in [3.05, 3.63) is 42.2 Å². The van der Waals surface area contributed by atoms with Crippen LogP contribution in [0.25, 0.3) is 5.69 Å². The zero-order valence-electron chi connectivity index (χ0n) is 13.9. The fourth-order valence-electron chi connectivity index (χ4n) is 3.31. The highest BCUT2D eigenvalue weighted by atomic mass is 16.5. The van der Waals surface area contributed by atoms with Gasteiger partial charge in [-0.15, -0.1) is 0 Å². The zero-order valence-corrected chi connectivity index (χ0v) is 13.9. The Hall–Kier alpha value is -2.34. The minimum absolute atomic E-state index is 0.0543. The van der Waals surface area contributed by atoms with E-state index in [9.17, 15) is 4.79 Å². The molecule has 1 amide bonds. The third-order valence-electron chi connectivity index (χ3n) is 4.72. The second-order valence-corrected chi connectivity index (χ2v) is 6.20. The van der Waals surface area contributed by atoms with Crippen molar-refractivity contribution in [3.8, 4) is 11.4 Å². The average molecular weight is 328 g/mol. The minimum Gasteiger partial charge on any atom is -0.497 e. The van der Waals surface area contributed by atoms with E-state index in [1.165, 1.54) is 0 Å². The average Bonchev–Trinajstić information content (AvgIpc) is 3.29. The van der Waals surface area contributed by atoms with Crippen molar-refractivity contribution in [2.75, 3.05) is 13.7 Å². The Bertz CT molecular complexity index is 681. The molecule has 128 valence electrons. The van der Waals surface area contributed by atoms with Crippen molar-refractivity contribution < 1.29 is 9.53 Å². The molecule has 3 rings (SSSR count). The number of carbonyl (C=O) groups is 1. The molecule has 6 nitrogen and oxygen atoms in total. The van der Waals surface area contributed by atoms with Crippen LogP contribution in [0, 0.1) is 11.8 Å². The molecule has 1 aliphatic carbocycles. The van der Waals surface area contributed by atoms with Gasteiger partial charge in [0.25, 0.3) is 0 Å². The second-order valence-electron chi connectivity index (χ2n) is 6.20. The molecule has 1 aromatic carbocycles. The maximum atomic E-state index is 12.3. The lowest BCUT2D eigenvalue weighted by Crippen LogP contribution is -2.34. The molecule has 6 heteroatoms. The van der Waals surface area contributed by atoms with E-state index in [2.05, 4.69) is 10.4 Å². The smallest absolute Gasteiger partial charge is 0.223 e. The third-order valence-corrected chi connectivity index (χ3v) is 4.72. The molecule has 0 saturated heterocycles. The Balaban J connectivity index is 1.58. The molecule has 2 atom stereocenters. The molecule has 2 aromatic rings. The number of amides is 1. The first-order chi connectivity index (χ1) is 11.7. The lowest BCUT2D eigenvalue weighted by atomic mass is 9.95. The molecule has 1 saturated carbocycles. The van der Waals surface area contributed by atoms with Gasteiger partial charge < -0.3 is 15.8 Å². The number of aromatic nitrogens is 2. The maximum absolute atomic E-state index is 12.3. The summed E-state index contributed by atoms with van der Waals surface area (Å²) < 4.78 is 6.95. The summed E-state index contributed by atoms with van der Waals surface area (Å²) in [6.07, 6.45) is 4.97. The summed E-state index contributed by atoms with van der Waals surface area (Å²) in [5.74, 6) is 1.28. The highest BCUT2D eigenvalue weighted by Crippen LogP contribution is 2.30. The standard InChI is InChI=1S/C18H24N4O2/c1-24-16-7-5-15(6-8-16)22-10-9-14(21-22)12-20-18(23)17-4-2-3-13(17)11-19/h5-10,13,17H,2-4,11-12,19H2,1H3,(H,20,23)/t13-,17-/m1/s1. The molecular formula is C18H24N4O2. The summed E-state index contributed by atoms with van der Waals surface area (Å²) in [7, 11) is 1.64. The molecule has 1 aliphatic rings. The van der Waals surface area contributed by atoms with E-state index < -0.39 is 0 Å². The number of hydrogen-bond acceptors (Lipinski definition) is 4. The molecular weight excluding hydrogens is 304 g/mol. The summed E-state index contributed by atoms with van der Waals surface area (Å²) in [5, 5.41) is 7.51. The fourth-order valence-corrected chi connectivity index (χ4v) is 3.31. The first-order valence-corrected chi connectivity index (χ1v) is 8.38. The van der Waals surface area contributed by atoms with Gasteiger partial charge in [-0.05, 0) is 55.6 Å². The first kappa shape index (κ1) is 16.5. The van der Waals surface area contributed by atoms with Crippen LogP contribution >= 0.6 is 0 Å². The van der Waals surface area contributed by atoms with Crippen molar-refractivity contribution in [3.63, 3.8) is 0 Å². The number of nitrogens with one attached hydrogen (secondary N) is 1. The zero-order chi connectivity index (χ0) is 16.9. The van der Waals surface area contributed by atoms with Gasteiger partial charge in [-0.3, -0.25) is 4.79 Å². The van der Waals surface area contributed by atoms with E-state index in [4.69, 9.17) is 10.5 Å². The highest BCUT2D eigenvalue weighted by molar-refractivity contribution is 5.79. The van der Waals surface area contributed by atoms with Crippen LogP contribution in [-0.4, -0.2) is 29.3 Å². The number of hydrogen-bond donors (Lipinski definition) is 2. The maximum Gasteiger partial charge on any atom is 0.223 e. The number of ether oxygens (including phenoxy) is 1. The Kier molecular flexibility index (Phi) is 5.15. The number of methoxy groups -OCH3 is 1. The topological polar surface area (TPSA) is 82.2 Å². The van der Waals surface area contributed by atoms with Crippen LogP contribution in [0.4, 0.5) is 0 Å². The summed E-state index contributed by atoms with van der Waals surface area (Å²) in [6.45, 7) is 1.03. The Morgan fingerprint density at radius 1 is 1.33 bits per heavy atom. The lowest BCUT2D eigenvalue weighted by Gasteiger charge is -2.16. The van der Waals surface area contributed by atoms with Gasteiger partial charge >= 0.3 is 0 Å². The molecule has 0 radical (unpaired) electrons. The number of carbonyl (C=O) groups excluding carboxylic acids is 1. The van der Waals surface area contributed by atoms with Crippen molar-refractivity contribution in [2.45, 2.75) is 25.8 Å². The van der Waals surface area contributed by atoms with Crippen LogP contribution in [0.15, 0.2) is 36.5 Å². The number of nitrogens with two attached hydrogens (primary N) is 1. The van der Waals surface area contributed by atoms with Crippen LogP contribution in [-0.2, 0) is 11.3 Å². The van der Waals surface area contributed by atoms with Gasteiger partial charge in [-0.2, -0.15) is 5.10 Å². The van der Waals surface area contributed by atoms with E-state index in [-0.39, 0.29) is 11.8 Å². The normalized spacial score (nSPS) is 20.1. The van der Waals surface area contributed by atoms with Gasteiger partial charge in [-0.1, -0.05) is 6.42 Å². The van der Waals surface area contributed by atoms with Crippen LogP contribution in [0.2, 0.25) is 0 Å². The van der Waals surface area contributed by atoms with E-state index in [1.807, 2.05) is 36.5 Å². The number of rotatable bonds is 6. The highest BCUT2D eigenvalue weighted by Gasteiger charge is 2.31. The molecule has 1 aromatic heterocycles. The molecule has 0 unspecified atom stereocenters. The van der Waals surface area contributed by atoms with E-state index >= 15 is 0 Å². The summed E-state index contributed by atoms with van der Waals surface area (Å²) in [4.78, 5) is 12.3. The van der Waals surface area contributed by atoms with Crippen LogP contribution in [0.1, 0.15) is 25.0 Å². The SMILES string of the molecule is COc1ccc(-n2ccc(CNC(=O)[C@@H]3CCC[C@@H]3CN)n2)cc1. The van der Waals surface area contributed by atoms with E-state index in [0.717, 1.165) is 36.4 Å². The van der Waals surface area contributed by atoms with Gasteiger partial charge in [-0.25, -0.2) is 4.68 Å². The van der Waals surface area contributed by atoms with Crippen LogP contribution < -0.4 is 15.8 Å².